The molecule has 92 valence electrons. The smallest absolute Gasteiger partial charge is 0.224 e. The number of carbonyl (C=O) groups excluding carboxylic acids is 2. The van der Waals surface area contributed by atoms with Crippen molar-refractivity contribution >= 4 is 11.7 Å². The van der Waals surface area contributed by atoms with Gasteiger partial charge in [-0.15, -0.1) is 0 Å². The molecule has 1 amide bonds. The molecule has 0 saturated carbocycles. The van der Waals surface area contributed by atoms with Gasteiger partial charge in [0.05, 0.1) is 6.04 Å². The fourth-order valence-corrected chi connectivity index (χ4v) is 1.93. The van der Waals surface area contributed by atoms with Gasteiger partial charge in [0.25, 0.3) is 0 Å². The number of amides is 1. The minimum Gasteiger partial charge on any atom is -0.343 e. The van der Waals surface area contributed by atoms with E-state index in [1.807, 2.05) is 20.8 Å². The van der Waals surface area contributed by atoms with Crippen molar-refractivity contribution in [1.82, 2.24) is 4.90 Å². The quantitative estimate of drug-likeness (QED) is 0.779. The fourth-order valence-electron chi connectivity index (χ4n) is 1.93. The van der Waals surface area contributed by atoms with Crippen LogP contribution in [0.25, 0.3) is 0 Å². The van der Waals surface area contributed by atoms with Crippen molar-refractivity contribution in [3.05, 3.63) is 0 Å². The van der Waals surface area contributed by atoms with E-state index < -0.39 is 11.5 Å². The van der Waals surface area contributed by atoms with Crippen LogP contribution in [0.3, 0.4) is 0 Å². The normalized spacial score (nSPS) is 18.6. The molecule has 1 rings (SSSR count). The number of hydrogen-bond acceptors (Lipinski definition) is 3. The first-order valence-electron chi connectivity index (χ1n) is 5.90. The molecule has 1 aliphatic rings. The minimum atomic E-state index is -0.659. The van der Waals surface area contributed by atoms with Gasteiger partial charge in [0.15, 0.2) is 5.78 Å². The van der Waals surface area contributed by atoms with Crippen molar-refractivity contribution in [1.29, 1.82) is 0 Å². The molecule has 4 nitrogen and oxygen atoms in total. The molecule has 0 spiro atoms. The Balaban J connectivity index is 2.47. The largest absolute Gasteiger partial charge is 0.343 e. The highest BCUT2D eigenvalue weighted by Gasteiger charge is 2.30. The van der Waals surface area contributed by atoms with Crippen LogP contribution in [0.4, 0.5) is 0 Å². The van der Waals surface area contributed by atoms with Gasteiger partial charge in [0, 0.05) is 24.9 Å². The second-order valence-corrected chi connectivity index (χ2v) is 5.51. The third-order valence-corrected chi connectivity index (χ3v) is 2.93. The van der Waals surface area contributed by atoms with Crippen LogP contribution in [0.5, 0.6) is 0 Å². The van der Waals surface area contributed by atoms with E-state index in [0.717, 1.165) is 25.9 Å². The van der Waals surface area contributed by atoms with Crippen LogP contribution < -0.4 is 5.73 Å². The number of Topliss-reactive ketones (excluding diaryl/α,β-unsaturated/α-hetero) is 1. The van der Waals surface area contributed by atoms with E-state index in [1.165, 1.54) is 0 Å². The average molecular weight is 226 g/mol. The van der Waals surface area contributed by atoms with Gasteiger partial charge in [-0.05, 0) is 12.8 Å². The summed E-state index contributed by atoms with van der Waals surface area (Å²) in [5.41, 5.74) is 5.31. The van der Waals surface area contributed by atoms with Gasteiger partial charge < -0.3 is 10.6 Å². The highest BCUT2D eigenvalue weighted by molar-refractivity contribution is 5.92. The number of hydrogen-bond donors (Lipinski definition) is 1. The number of carbonyl (C=O) groups is 2. The van der Waals surface area contributed by atoms with Crippen LogP contribution >= 0.6 is 0 Å². The molecule has 0 bridgehead atoms. The molecular formula is C12H22N2O2. The summed E-state index contributed by atoms with van der Waals surface area (Å²) in [6.07, 6.45) is 2.28. The molecule has 1 heterocycles. The number of nitrogens with zero attached hydrogens (tertiary/aromatic N) is 1. The maximum absolute atomic E-state index is 11.8. The van der Waals surface area contributed by atoms with Crippen LogP contribution in [-0.4, -0.2) is 35.7 Å². The Hall–Kier alpha value is -0.900. The SMILES string of the molecule is CC(C)(C)C(=O)C(N)CC(=O)N1CCCC1. The highest BCUT2D eigenvalue weighted by atomic mass is 16.2. The number of nitrogens with two attached hydrogens (primary N) is 1. The fraction of sp³-hybridized carbons (Fsp3) is 0.833. The van der Waals surface area contributed by atoms with Crippen molar-refractivity contribution in [3.63, 3.8) is 0 Å². The van der Waals surface area contributed by atoms with Gasteiger partial charge in [0.1, 0.15) is 0 Å². The maximum atomic E-state index is 11.8. The molecule has 0 aromatic rings. The molecule has 4 heteroatoms. The summed E-state index contributed by atoms with van der Waals surface area (Å²) in [5.74, 6) is -0.0253. The topological polar surface area (TPSA) is 63.4 Å². The Morgan fingerprint density at radius 2 is 1.75 bits per heavy atom. The summed E-state index contributed by atoms with van der Waals surface area (Å²) < 4.78 is 0. The summed E-state index contributed by atoms with van der Waals surface area (Å²) in [4.78, 5) is 25.4. The van der Waals surface area contributed by atoms with E-state index in [2.05, 4.69) is 0 Å². The standard InChI is InChI=1S/C12H22N2O2/c1-12(2,3)11(16)9(13)8-10(15)14-6-4-5-7-14/h9H,4-8,13H2,1-3H3. The van der Waals surface area contributed by atoms with E-state index in [1.54, 1.807) is 4.90 Å². The van der Waals surface area contributed by atoms with Crippen molar-refractivity contribution in [3.8, 4) is 0 Å². The molecule has 0 aromatic carbocycles. The van der Waals surface area contributed by atoms with Crippen LogP contribution in [0, 0.1) is 5.41 Å². The van der Waals surface area contributed by atoms with Crippen LogP contribution in [0.2, 0.25) is 0 Å². The molecule has 1 atom stereocenters. The summed E-state index contributed by atoms with van der Waals surface area (Å²) >= 11 is 0. The second-order valence-electron chi connectivity index (χ2n) is 5.51. The van der Waals surface area contributed by atoms with E-state index in [9.17, 15) is 9.59 Å². The Morgan fingerprint density at radius 1 is 1.25 bits per heavy atom. The van der Waals surface area contributed by atoms with Crippen LogP contribution in [0.1, 0.15) is 40.0 Å². The van der Waals surface area contributed by atoms with E-state index >= 15 is 0 Å². The third kappa shape index (κ3) is 3.30. The first-order valence-corrected chi connectivity index (χ1v) is 5.90. The molecule has 0 aliphatic carbocycles. The van der Waals surface area contributed by atoms with Crippen molar-refractivity contribution in [2.24, 2.45) is 11.1 Å². The maximum Gasteiger partial charge on any atom is 0.224 e. The van der Waals surface area contributed by atoms with Gasteiger partial charge in [-0.3, -0.25) is 9.59 Å². The molecule has 1 fully saturated rings. The van der Waals surface area contributed by atoms with Crippen LogP contribution in [0.15, 0.2) is 0 Å². The first-order chi connectivity index (χ1) is 7.32. The second kappa shape index (κ2) is 4.95. The molecule has 2 N–H and O–H groups in total. The van der Waals surface area contributed by atoms with Crippen molar-refractivity contribution < 1.29 is 9.59 Å². The molecule has 1 aliphatic heterocycles. The Morgan fingerprint density at radius 3 is 2.19 bits per heavy atom. The van der Waals surface area contributed by atoms with E-state index in [4.69, 9.17) is 5.73 Å². The molecule has 0 aromatic heterocycles. The zero-order chi connectivity index (χ0) is 12.3. The van der Waals surface area contributed by atoms with Crippen molar-refractivity contribution in [2.75, 3.05) is 13.1 Å². The first kappa shape index (κ1) is 13.2. The Kier molecular flexibility index (Phi) is 4.08. The number of rotatable bonds is 3. The average Bonchev–Trinajstić information content (AvgIpc) is 2.67. The lowest BCUT2D eigenvalue weighted by Crippen LogP contribution is -2.43. The molecular weight excluding hydrogens is 204 g/mol. The summed E-state index contributed by atoms with van der Waals surface area (Å²) in [7, 11) is 0. The van der Waals surface area contributed by atoms with Gasteiger partial charge in [-0.25, -0.2) is 0 Å². The molecule has 1 unspecified atom stereocenters. The molecule has 0 radical (unpaired) electrons. The van der Waals surface area contributed by atoms with E-state index in [0.29, 0.717) is 0 Å². The van der Waals surface area contributed by atoms with Crippen molar-refractivity contribution in [2.45, 2.75) is 46.1 Å². The van der Waals surface area contributed by atoms with Gasteiger partial charge in [0.2, 0.25) is 5.91 Å². The van der Waals surface area contributed by atoms with Crippen LogP contribution in [-0.2, 0) is 9.59 Å². The zero-order valence-electron chi connectivity index (χ0n) is 10.5. The summed E-state index contributed by atoms with van der Waals surface area (Å²) in [5, 5.41) is 0. The third-order valence-electron chi connectivity index (χ3n) is 2.93. The van der Waals surface area contributed by atoms with Gasteiger partial charge >= 0.3 is 0 Å². The van der Waals surface area contributed by atoms with Gasteiger partial charge in [-0.2, -0.15) is 0 Å². The molecule has 16 heavy (non-hydrogen) atoms. The Bertz CT molecular complexity index is 275. The highest BCUT2D eigenvalue weighted by Crippen LogP contribution is 2.18. The summed E-state index contributed by atoms with van der Waals surface area (Å²) in [6.45, 7) is 7.12. The van der Waals surface area contributed by atoms with Gasteiger partial charge in [-0.1, -0.05) is 20.8 Å². The lowest BCUT2D eigenvalue weighted by molar-refractivity contribution is -0.135. The predicted molar refractivity (Wildman–Crippen MR) is 62.9 cm³/mol. The number of likely N-dealkylation sites (tertiary alicyclic amines) is 1. The Labute approximate surface area is 97.2 Å². The predicted octanol–water partition coefficient (Wildman–Crippen LogP) is 0.941. The van der Waals surface area contributed by atoms with E-state index in [-0.39, 0.29) is 18.1 Å². The lowest BCUT2D eigenvalue weighted by atomic mass is 9.85. The lowest BCUT2D eigenvalue weighted by Gasteiger charge is -2.23. The minimum absolute atomic E-state index is 0.0163. The summed E-state index contributed by atoms with van der Waals surface area (Å²) in [6, 6.07) is -0.659. The zero-order valence-corrected chi connectivity index (χ0v) is 10.5. The monoisotopic (exact) mass is 226 g/mol. The molecule has 1 saturated heterocycles. The number of ketones is 1.